The van der Waals surface area contributed by atoms with Gasteiger partial charge in [0.1, 0.15) is 6.04 Å². The highest BCUT2D eigenvalue weighted by molar-refractivity contribution is 7.10. The predicted molar refractivity (Wildman–Crippen MR) is 56.4 cm³/mol. The summed E-state index contributed by atoms with van der Waals surface area (Å²) in [5, 5.41) is 10.8. The van der Waals surface area contributed by atoms with E-state index in [1.165, 1.54) is 11.3 Å². The number of carboxylic acids is 1. The van der Waals surface area contributed by atoms with Gasteiger partial charge < -0.3 is 10.8 Å². The molecular weight excluding hydrogens is 200 g/mol. The van der Waals surface area contributed by atoms with Gasteiger partial charge in [0, 0.05) is 4.88 Å². The first-order valence-electron chi connectivity index (χ1n) is 4.22. The van der Waals surface area contributed by atoms with Gasteiger partial charge in [-0.05, 0) is 25.5 Å². The van der Waals surface area contributed by atoms with Crippen LogP contribution in [0.4, 0.5) is 0 Å². The van der Waals surface area contributed by atoms with Crippen molar-refractivity contribution >= 4 is 17.3 Å². The average molecular weight is 214 g/mol. The maximum atomic E-state index is 10.8. The number of nitrogens with zero attached hydrogens (tertiary/aromatic N) is 1. The van der Waals surface area contributed by atoms with Crippen molar-refractivity contribution in [1.82, 2.24) is 4.90 Å². The Bertz CT molecular complexity index is 298. The van der Waals surface area contributed by atoms with Crippen LogP contribution in [-0.2, 0) is 4.79 Å². The Morgan fingerprint density at radius 3 is 2.64 bits per heavy atom. The van der Waals surface area contributed by atoms with E-state index in [9.17, 15) is 4.79 Å². The molecule has 1 aromatic rings. The summed E-state index contributed by atoms with van der Waals surface area (Å²) in [5.74, 6) is -0.975. The topological polar surface area (TPSA) is 66.6 Å². The van der Waals surface area contributed by atoms with E-state index in [4.69, 9.17) is 10.8 Å². The summed E-state index contributed by atoms with van der Waals surface area (Å²) in [4.78, 5) is 13.6. The maximum Gasteiger partial charge on any atom is 0.322 e. The molecule has 2 atom stereocenters. The third kappa shape index (κ3) is 2.31. The minimum absolute atomic E-state index is 0.257. The van der Waals surface area contributed by atoms with Crippen molar-refractivity contribution in [3.63, 3.8) is 0 Å². The monoisotopic (exact) mass is 214 g/mol. The van der Waals surface area contributed by atoms with E-state index >= 15 is 0 Å². The number of carbonyl (C=O) groups is 1. The van der Waals surface area contributed by atoms with Crippen molar-refractivity contribution in [2.75, 3.05) is 14.1 Å². The summed E-state index contributed by atoms with van der Waals surface area (Å²) < 4.78 is 0. The molecule has 4 nitrogen and oxygen atoms in total. The van der Waals surface area contributed by atoms with Crippen LogP contribution in [0.5, 0.6) is 0 Å². The number of hydrogen-bond acceptors (Lipinski definition) is 4. The number of thiophene rings is 1. The van der Waals surface area contributed by atoms with E-state index in [0.29, 0.717) is 0 Å². The zero-order valence-corrected chi connectivity index (χ0v) is 8.99. The van der Waals surface area contributed by atoms with Crippen LogP contribution >= 0.6 is 11.3 Å². The standard InChI is InChI=1S/C9H14N2O2S/c1-11(2)8(7(10)9(12)13)6-4-3-5-14-6/h3-5,7-8H,10H2,1-2H3,(H,12,13). The highest BCUT2D eigenvalue weighted by Crippen LogP contribution is 2.25. The first kappa shape index (κ1) is 11.2. The predicted octanol–water partition coefficient (Wildman–Crippen LogP) is 0.763. The van der Waals surface area contributed by atoms with Gasteiger partial charge >= 0.3 is 5.97 Å². The Morgan fingerprint density at radius 2 is 2.29 bits per heavy atom. The summed E-state index contributed by atoms with van der Waals surface area (Å²) >= 11 is 1.52. The van der Waals surface area contributed by atoms with Crippen LogP contribution in [0.2, 0.25) is 0 Å². The lowest BCUT2D eigenvalue weighted by Gasteiger charge is -2.26. The Balaban J connectivity index is 2.91. The third-order valence-corrected chi connectivity index (χ3v) is 2.96. The molecule has 78 valence electrons. The molecule has 0 saturated heterocycles. The van der Waals surface area contributed by atoms with E-state index < -0.39 is 12.0 Å². The zero-order valence-electron chi connectivity index (χ0n) is 8.18. The van der Waals surface area contributed by atoms with Gasteiger partial charge in [-0.1, -0.05) is 6.07 Å². The van der Waals surface area contributed by atoms with Gasteiger partial charge in [0.15, 0.2) is 0 Å². The number of carboxylic acid groups (broad SMARTS) is 1. The van der Waals surface area contributed by atoms with Gasteiger partial charge in [-0.15, -0.1) is 11.3 Å². The van der Waals surface area contributed by atoms with Gasteiger partial charge in [0.25, 0.3) is 0 Å². The largest absolute Gasteiger partial charge is 0.480 e. The quantitative estimate of drug-likeness (QED) is 0.776. The van der Waals surface area contributed by atoms with Gasteiger partial charge in [0.2, 0.25) is 0 Å². The van der Waals surface area contributed by atoms with Gasteiger partial charge in [-0.25, -0.2) is 0 Å². The van der Waals surface area contributed by atoms with Crippen LogP contribution in [-0.4, -0.2) is 36.1 Å². The minimum atomic E-state index is -0.975. The van der Waals surface area contributed by atoms with E-state index in [1.807, 2.05) is 36.5 Å². The van der Waals surface area contributed by atoms with Crippen LogP contribution < -0.4 is 5.73 Å². The molecular formula is C9H14N2O2S. The second-order valence-electron chi connectivity index (χ2n) is 3.29. The van der Waals surface area contributed by atoms with Crippen LogP contribution in [0.1, 0.15) is 10.9 Å². The molecule has 0 saturated carbocycles. The van der Waals surface area contributed by atoms with Crippen molar-refractivity contribution in [2.24, 2.45) is 5.73 Å². The molecule has 1 rings (SSSR count). The molecule has 0 bridgehead atoms. The van der Waals surface area contributed by atoms with Crippen molar-refractivity contribution in [3.8, 4) is 0 Å². The van der Waals surface area contributed by atoms with Gasteiger partial charge in [-0.3, -0.25) is 9.69 Å². The molecule has 0 aliphatic rings. The van der Waals surface area contributed by atoms with Crippen molar-refractivity contribution in [2.45, 2.75) is 12.1 Å². The fourth-order valence-electron chi connectivity index (χ4n) is 1.35. The smallest absolute Gasteiger partial charge is 0.322 e. The maximum absolute atomic E-state index is 10.8. The summed E-state index contributed by atoms with van der Waals surface area (Å²) in [6, 6.07) is 2.65. The lowest BCUT2D eigenvalue weighted by molar-refractivity contribution is -0.140. The normalized spacial score (nSPS) is 15.4. The van der Waals surface area contributed by atoms with E-state index in [-0.39, 0.29) is 6.04 Å². The molecule has 0 aliphatic heterocycles. The molecule has 0 amide bonds. The highest BCUT2D eigenvalue weighted by atomic mass is 32.1. The molecule has 1 heterocycles. The van der Waals surface area contributed by atoms with Crippen molar-refractivity contribution in [3.05, 3.63) is 22.4 Å². The summed E-state index contributed by atoms with van der Waals surface area (Å²) in [6.45, 7) is 0. The fraction of sp³-hybridized carbons (Fsp3) is 0.444. The Labute approximate surface area is 87.0 Å². The number of hydrogen-bond donors (Lipinski definition) is 2. The fourth-order valence-corrected chi connectivity index (χ4v) is 2.32. The molecule has 0 spiro atoms. The van der Waals surface area contributed by atoms with Crippen LogP contribution in [0.15, 0.2) is 17.5 Å². The third-order valence-electron chi connectivity index (χ3n) is 2.02. The minimum Gasteiger partial charge on any atom is -0.480 e. The first-order valence-corrected chi connectivity index (χ1v) is 5.10. The molecule has 5 heteroatoms. The number of likely N-dealkylation sites (N-methyl/N-ethyl adjacent to an activating group) is 1. The van der Waals surface area contributed by atoms with Crippen LogP contribution in [0, 0.1) is 0 Å². The second kappa shape index (κ2) is 4.54. The lowest BCUT2D eigenvalue weighted by Crippen LogP contribution is -2.42. The summed E-state index contributed by atoms with van der Waals surface area (Å²) in [6.07, 6.45) is 0. The lowest BCUT2D eigenvalue weighted by atomic mass is 10.1. The molecule has 14 heavy (non-hydrogen) atoms. The number of aliphatic carboxylic acids is 1. The zero-order chi connectivity index (χ0) is 10.7. The molecule has 3 N–H and O–H groups in total. The Kier molecular flexibility index (Phi) is 3.62. The molecule has 0 aliphatic carbocycles. The molecule has 0 radical (unpaired) electrons. The van der Waals surface area contributed by atoms with Crippen molar-refractivity contribution in [1.29, 1.82) is 0 Å². The number of nitrogens with two attached hydrogens (primary N) is 1. The first-order chi connectivity index (χ1) is 6.54. The van der Waals surface area contributed by atoms with Crippen molar-refractivity contribution < 1.29 is 9.90 Å². The average Bonchev–Trinajstić information content (AvgIpc) is 2.56. The Hall–Kier alpha value is -0.910. The van der Waals surface area contributed by atoms with E-state index in [0.717, 1.165) is 4.88 Å². The molecule has 0 fully saturated rings. The summed E-state index contributed by atoms with van der Waals surface area (Å²) in [7, 11) is 3.65. The van der Waals surface area contributed by atoms with Gasteiger partial charge in [-0.2, -0.15) is 0 Å². The second-order valence-corrected chi connectivity index (χ2v) is 4.27. The SMILES string of the molecule is CN(C)C(c1cccs1)C(N)C(=O)O. The Morgan fingerprint density at radius 1 is 1.64 bits per heavy atom. The van der Waals surface area contributed by atoms with Crippen LogP contribution in [0.3, 0.4) is 0 Å². The van der Waals surface area contributed by atoms with Crippen LogP contribution in [0.25, 0.3) is 0 Å². The highest BCUT2D eigenvalue weighted by Gasteiger charge is 2.28. The van der Waals surface area contributed by atoms with Gasteiger partial charge in [0.05, 0.1) is 6.04 Å². The molecule has 0 aromatic carbocycles. The molecule has 2 unspecified atom stereocenters. The molecule has 1 aromatic heterocycles. The summed E-state index contributed by atoms with van der Waals surface area (Å²) in [5.41, 5.74) is 5.62. The number of rotatable bonds is 4. The van der Waals surface area contributed by atoms with E-state index in [2.05, 4.69) is 0 Å². The van der Waals surface area contributed by atoms with E-state index in [1.54, 1.807) is 0 Å².